The van der Waals surface area contributed by atoms with Crippen molar-refractivity contribution in [2.45, 2.75) is 38.5 Å². The van der Waals surface area contributed by atoms with E-state index >= 15 is 0 Å². The number of nitrogens with zero attached hydrogens (tertiary/aromatic N) is 3. The number of benzene rings is 1. The second kappa shape index (κ2) is 6.58. The predicted octanol–water partition coefficient (Wildman–Crippen LogP) is 2.39. The first-order chi connectivity index (χ1) is 10.7. The molecule has 0 bridgehead atoms. The third-order valence-corrected chi connectivity index (χ3v) is 4.37. The molecular formula is C17H22FN3O. The average molecular weight is 303 g/mol. The molecule has 0 aliphatic carbocycles. The zero-order valence-electron chi connectivity index (χ0n) is 12.8. The number of hydrogen-bond acceptors (Lipinski definition) is 3. The lowest BCUT2D eigenvalue weighted by molar-refractivity contribution is 0.175. The van der Waals surface area contributed by atoms with Crippen LogP contribution in [0.25, 0.3) is 0 Å². The number of halogens is 1. The number of aryl methyl sites for hydroxylation is 1. The second-order valence-corrected chi connectivity index (χ2v) is 5.84. The number of aliphatic hydroxyl groups is 1. The van der Waals surface area contributed by atoms with Crippen LogP contribution in [-0.2, 0) is 13.0 Å². The van der Waals surface area contributed by atoms with E-state index < -0.39 is 0 Å². The minimum Gasteiger partial charge on any atom is -0.392 e. The average Bonchev–Trinajstić information content (AvgIpc) is 3.10. The Bertz CT molecular complexity index is 628. The van der Waals surface area contributed by atoms with E-state index in [1.807, 2.05) is 23.0 Å². The molecule has 2 heterocycles. The molecule has 4 nitrogen and oxygen atoms in total. The van der Waals surface area contributed by atoms with Gasteiger partial charge in [-0.3, -0.25) is 9.58 Å². The lowest BCUT2D eigenvalue weighted by Crippen LogP contribution is -2.27. The van der Waals surface area contributed by atoms with Gasteiger partial charge in [-0.2, -0.15) is 5.10 Å². The zero-order chi connectivity index (χ0) is 15.5. The lowest BCUT2D eigenvalue weighted by atomic mass is 10.0. The largest absolute Gasteiger partial charge is 0.392 e. The van der Waals surface area contributed by atoms with Crippen LogP contribution >= 0.6 is 0 Å². The molecule has 1 aliphatic rings. The van der Waals surface area contributed by atoms with Crippen molar-refractivity contribution < 1.29 is 9.50 Å². The summed E-state index contributed by atoms with van der Waals surface area (Å²) in [6.45, 7) is 4.41. The van der Waals surface area contributed by atoms with Crippen LogP contribution < -0.4 is 0 Å². The third-order valence-electron chi connectivity index (χ3n) is 4.37. The number of β-amino-alcohol motifs (C(OH)–C–C–N with tert-alkyl or cyclic N) is 1. The molecule has 1 aromatic carbocycles. The van der Waals surface area contributed by atoms with Gasteiger partial charge in [0.2, 0.25) is 0 Å². The van der Waals surface area contributed by atoms with Gasteiger partial charge in [-0.15, -0.1) is 0 Å². The molecule has 0 saturated carbocycles. The van der Waals surface area contributed by atoms with Crippen LogP contribution in [0.2, 0.25) is 0 Å². The molecule has 2 atom stereocenters. The Morgan fingerprint density at radius 2 is 2.23 bits per heavy atom. The van der Waals surface area contributed by atoms with E-state index in [1.165, 1.54) is 11.8 Å². The van der Waals surface area contributed by atoms with Gasteiger partial charge in [0, 0.05) is 44.0 Å². The molecule has 1 saturated heterocycles. The van der Waals surface area contributed by atoms with Crippen molar-refractivity contribution in [1.29, 1.82) is 0 Å². The summed E-state index contributed by atoms with van der Waals surface area (Å²) >= 11 is 0. The normalized spacial score (nSPS) is 22.3. The molecule has 118 valence electrons. The minimum atomic E-state index is -0.343. The van der Waals surface area contributed by atoms with Crippen molar-refractivity contribution in [2.24, 2.45) is 0 Å². The number of aromatic nitrogens is 2. The highest BCUT2D eigenvalue weighted by atomic mass is 19.1. The van der Waals surface area contributed by atoms with Crippen LogP contribution in [0.4, 0.5) is 4.39 Å². The summed E-state index contributed by atoms with van der Waals surface area (Å²) in [5.74, 6) is -0.220. The Balaban J connectivity index is 1.71. The monoisotopic (exact) mass is 303 g/mol. The van der Waals surface area contributed by atoms with Crippen molar-refractivity contribution in [3.8, 4) is 0 Å². The fraction of sp³-hybridized carbons (Fsp3) is 0.471. The summed E-state index contributed by atoms with van der Waals surface area (Å²) in [5, 5.41) is 14.3. The summed E-state index contributed by atoms with van der Waals surface area (Å²) in [7, 11) is 0. The molecular weight excluding hydrogens is 281 g/mol. The Kier molecular flexibility index (Phi) is 4.55. The fourth-order valence-electron chi connectivity index (χ4n) is 3.30. The highest BCUT2D eigenvalue weighted by Crippen LogP contribution is 2.32. The quantitative estimate of drug-likeness (QED) is 0.922. The Morgan fingerprint density at radius 1 is 1.36 bits per heavy atom. The van der Waals surface area contributed by atoms with E-state index in [0.29, 0.717) is 13.0 Å². The number of hydrogen-bond donors (Lipinski definition) is 1. The van der Waals surface area contributed by atoms with Crippen LogP contribution in [0.1, 0.15) is 30.6 Å². The van der Waals surface area contributed by atoms with E-state index in [-0.39, 0.29) is 18.0 Å². The first-order valence-corrected chi connectivity index (χ1v) is 7.85. The standard InChI is InChI=1S/C17H22FN3O/c1-2-21-15(6-8-19-21)7-9-20-12-16(22)11-17(20)13-4-3-5-14(18)10-13/h3-6,8,10,16-17,22H,2,7,9,11-12H2,1H3/t16-,17-/m1/s1. The number of aliphatic hydroxyl groups excluding tert-OH is 1. The van der Waals surface area contributed by atoms with Gasteiger partial charge in [-0.1, -0.05) is 12.1 Å². The van der Waals surface area contributed by atoms with Crippen LogP contribution in [0.3, 0.4) is 0 Å². The second-order valence-electron chi connectivity index (χ2n) is 5.84. The fourth-order valence-corrected chi connectivity index (χ4v) is 3.30. The highest BCUT2D eigenvalue weighted by Gasteiger charge is 2.31. The molecule has 1 aliphatic heterocycles. The summed E-state index contributed by atoms with van der Waals surface area (Å²) in [6, 6.07) is 8.83. The maximum Gasteiger partial charge on any atom is 0.123 e. The first-order valence-electron chi connectivity index (χ1n) is 7.85. The molecule has 0 spiro atoms. The van der Waals surface area contributed by atoms with E-state index in [1.54, 1.807) is 12.1 Å². The predicted molar refractivity (Wildman–Crippen MR) is 82.9 cm³/mol. The maximum atomic E-state index is 13.5. The molecule has 0 radical (unpaired) electrons. The molecule has 2 aromatic rings. The molecule has 1 fully saturated rings. The van der Waals surface area contributed by atoms with Crippen LogP contribution in [0, 0.1) is 5.82 Å². The highest BCUT2D eigenvalue weighted by molar-refractivity contribution is 5.22. The van der Waals surface area contributed by atoms with Gasteiger partial charge < -0.3 is 5.11 Å². The van der Waals surface area contributed by atoms with Gasteiger partial charge in [0.25, 0.3) is 0 Å². The summed E-state index contributed by atoms with van der Waals surface area (Å²) < 4.78 is 15.4. The van der Waals surface area contributed by atoms with E-state index in [0.717, 1.165) is 25.1 Å². The number of likely N-dealkylation sites (tertiary alicyclic amines) is 1. The van der Waals surface area contributed by atoms with Gasteiger partial charge in [0.15, 0.2) is 0 Å². The molecule has 0 amide bonds. The molecule has 1 aromatic heterocycles. The van der Waals surface area contributed by atoms with E-state index in [2.05, 4.69) is 16.9 Å². The summed E-state index contributed by atoms with van der Waals surface area (Å²) in [5.41, 5.74) is 2.14. The maximum absolute atomic E-state index is 13.5. The van der Waals surface area contributed by atoms with Crippen molar-refractivity contribution in [3.05, 3.63) is 53.6 Å². The van der Waals surface area contributed by atoms with E-state index in [4.69, 9.17) is 0 Å². The molecule has 0 unspecified atom stereocenters. The topological polar surface area (TPSA) is 41.3 Å². The molecule has 5 heteroatoms. The van der Waals surface area contributed by atoms with Gasteiger partial charge in [0.05, 0.1) is 6.10 Å². The SMILES string of the molecule is CCn1nccc1CCN1C[C@H](O)C[C@@H]1c1cccc(F)c1. The van der Waals surface area contributed by atoms with Crippen molar-refractivity contribution in [2.75, 3.05) is 13.1 Å². The molecule has 3 rings (SSSR count). The van der Waals surface area contributed by atoms with Gasteiger partial charge in [0.1, 0.15) is 5.82 Å². The van der Waals surface area contributed by atoms with Gasteiger partial charge in [-0.25, -0.2) is 4.39 Å². The smallest absolute Gasteiger partial charge is 0.123 e. The Hall–Kier alpha value is -1.72. The Morgan fingerprint density at radius 3 is 3.00 bits per heavy atom. The third kappa shape index (κ3) is 3.20. The minimum absolute atomic E-state index is 0.0868. The number of rotatable bonds is 5. The summed E-state index contributed by atoms with van der Waals surface area (Å²) in [6.07, 6.45) is 3.02. The van der Waals surface area contributed by atoms with Crippen LogP contribution in [0.15, 0.2) is 36.5 Å². The molecule has 22 heavy (non-hydrogen) atoms. The van der Waals surface area contributed by atoms with Gasteiger partial charge in [-0.05, 0) is 37.1 Å². The lowest BCUT2D eigenvalue weighted by Gasteiger charge is -2.24. The van der Waals surface area contributed by atoms with Crippen molar-refractivity contribution >= 4 is 0 Å². The van der Waals surface area contributed by atoms with Crippen molar-refractivity contribution in [1.82, 2.24) is 14.7 Å². The Labute approximate surface area is 130 Å². The van der Waals surface area contributed by atoms with Crippen LogP contribution in [0.5, 0.6) is 0 Å². The molecule has 1 N–H and O–H groups in total. The van der Waals surface area contributed by atoms with E-state index in [9.17, 15) is 9.50 Å². The van der Waals surface area contributed by atoms with Gasteiger partial charge >= 0.3 is 0 Å². The van der Waals surface area contributed by atoms with Crippen molar-refractivity contribution in [3.63, 3.8) is 0 Å². The zero-order valence-corrected chi connectivity index (χ0v) is 12.8. The van der Waals surface area contributed by atoms with Crippen LogP contribution in [-0.4, -0.2) is 39.0 Å². The summed E-state index contributed by atoms with van der Waals surface area (Å²) in [4.78, 5) is 2.24. The first kappa shape index (κ1) is 15.2.